The number of aliphatic hydroxyl groups excluding tert-OH is 2. The molecule has 4 atom stereocenters. The third-order valence-electron chi connectivity index (χ3n) is 9.52. The molecule has 2 aromatic carbocycles. The van der Waals surface area contributed by atoms with Gasteiger partial charge >= 0.3 is 15.2 Å². The molecule has 0 bridgehead atoms. The van der Waals surface area contributed by atoms with Crippen molar-refractivity contribution in [2.45, 2.75) is 167 Å². The Morgan fingerprint density at radius 2 is 1.06 bits per heavy atom. The standard InChI is InChI=1S/C21H38NO6P.C19H34NO4P/c1-4-5-6-7-8-9-12-28-21-16(2)13-17(14-19(21)27-3)10-11-18(22)15-20(23)29(24,25)26;1-2-3-4-5-6-7-8-16-9-11-17(12-10-16)13-14-18(20)15-19(21)25(22,23)24/h13-14,18,20,23H,4-12,15,22H2,1-3H3,(H2,24,25,26);9-12,18-19,21H,2-8,13-15,20H2,1H3,(H2,22,23,24)/t18-,20?;/m1./s1. The van der Waals surface area contributed by atoms with Crippen molar-refractivity contribution in [1.82, 2.24) is 0 Å². The van der Waals surface area contributed by atoms with E-state index in [4.69, 9.17) is 40.5 Å². The Bertz CT molecular complexity index is 1370. The maximum absolute atomic E-state index is 11.0. The molecule has 0 heterocycles. The predicted molar refractivity (Wildman–Crippen MR) is 218 cm³/mol. The van der Waals surface area contributed by atoms with Gasteiger partial charge < -0.3 is 50.7 Å². The summed E-state index contributed by atoms with van der Waals surface area (Å²) in [6, 6.07) is 11.5. The minimum Gasteiger partial charge on any atom is -0.493 e. The van der Waals surface area contributed by atoms with E-state index in [0.29, 0.717) is 31.6 Å². The van der Waals surface area contributed by atoms with Crippen LogP contribution in [0, 0.1) is 6.92 Å². The van der Waals surface area contributed by atoms with E-state index in [1.165, 1.54) is 69.8 Å². The summed E-state index contributed by atoms with van der Waals surface area (Å²) in [6.45, 7) is 7.07. The second kappa shape index (κ2) is 27.7. The van der Waals surface area contributed by atoms with E-state index in [0.717, 1.165) is 48.1 Å². The Hall–Kier alpha value is -1.82. The van der Waals surface area contributed by atoms with Crippen LogP contribution >= 0.6 is 15.2 Å². The molecule has 0 aliphatic carbocycles. The highest BCUT2D eigenvalue weighted by Gasteiger charge is 2.29. The van der Waals surface area contributed by atoms with Crippen molar-refractivity contribution >= 4 is 15.2 Å². The Kier molecular flexibility index (Phi) is 25.8. The van der Waals surface area contributed by atoms with Crippen molar-refractivity contribution in [3.8, 4) is 11.5 Å². The Labute approximate surface area is 324 Å². The molecule has 14 heteroatoms. The van der Waals surface area contributed by atoms with Crippen LogP contribution in [-0.2, 0) is 28.4 Å². The van der Waals surface area contributed by atoms with Gasteiger partial charge in [-0.15, -0.1) is 0 Å². The number of aryl methyl sites for hydroxylation is 4. The molecule has 0 aliphatic rings. The largest absolute Gasteiger partial charge is 0.493 e. The van der Waals surface area contributed by atoms with E-state index in [1.54, 1.807) is 7.11 Å². The second-order valence-corrected chi connectivity index (χ2v) is 18.2. The fourth-order valence-corrected chi connectivity index (χ4v) is 7.18. The first kappa shape index (κ1) is 50.2. The summed E-state index contributed by atoms with van der Waals surface area (Å²) in [5.41, 5.74) is 16.3. The van der Waals surface area contributed by atoms with Crippen molar-refractivity contribution in [2.24, 2.45) is 11.5 Å². The van der Waals surface area contributed by atoms with Gasteiger partial charge in [-0.3, -0.25) is 9.13 Å². The van der Waals surface area contributed by atoms with Crippen LogP contribution in [0.15, 0.2) is 36.4 Å². The molecule has 0 radical (unpaired) electrons. The molecule has 10 N–H and O–H groups in total. The smallest absolute Gasteiger partial charge is 0.353 e. The molecule has 54 heavy (non-hydrogen) atoms. The van der Waals surface area contributed by atoms with Crippen LogP contribution in [0.2, 0.25) is 0 Å². The van der Waals surface area contributed by atoms with Gasteiger partial charge in [-0.05, 0) is 80.2 Å². The predicted octanol–water partition coefficient (Wildman–Crippen LogP) is 7.62. The van der Waals surface area contributed by atoms with Crippen LogP contribution in [0.25, 0.3) is 0 Å². The van der Waals surface area contributed by atoms with Crippen LogP contribution in [0.4, 0.5) is 0 Å². The quantitative estimate of drug-likeness (QED) is 0.0307. The minimum absolute atomic E-state index is 0.0829. The number of unbranched alkanes of at least 4 members (excludes halogenated alkanes) is 10. The van der Waals surface area contributed by atoms with Gasteiger partial charge in [0.2, 0.25) is 0 Å². The van der Waals surface area contributed by atoms with Gasteiger partial charge in [0.25, 0.3) is 0 Å². The highest BCUT2D eigenvalue weighted by atomic mass is 31.2. The zero-order valence-corrected chi connectivity index (χ0v) is 35.1. The lowest BCUT2D eigenvalue weighted by molar-refractivity contribution is 0.184. The van der Waals surface area contributed by atoms with Crippen LogP contribution in [0.3, 0.4) is 0 Å². The first-order valence-corrected chi connectivity index (χ1v) is 23.2. The van der Waals surface area contributed by atoms with Crippen LogP contribution in [0.1, 0.15) is 139 Å². The Balaban J connectivity index is 0.000000546. The van der Waals surface area contributed by atoms with Crippen molar-refractivity contribution in [1.29, 1.82) is 0 Å². The average Bonchev–Trinajstić information content (AvgIpc) is 3.11. The zero-order valence-electron chi connectivity index (χ0n) is 33.3. The normalized spacial score (nSPS) is 14.1. The topological polar surface area (TPSA) is 226 Å². The molecular formula is C40H72N2O10P2. The van der Waals surface area contributed by atoms with Crippen molar-refractivity contribution < 1.29 is 48.4 Å². The van der Waals surface area contributed by atoms with E-state index in [2.05, 4.69) is 38.1 Å². The molecule has 12 nitrogen and oxygen atoms in total. The van der Waals surface area contributed by atoms with Gasteiger partial charge in [0.05, 0.1) is 13.7 Å². The van der Waals surface area contributed by atoms with Gasteiger partial charge in [-0.25, -0.2) is 0 Å². The Morgan fingerprint density at radius 3 is 1.52 bits per heavy atom. The first-order valence-electron chi connectivity index (χ1n) is 19.9. The molecule has 2 aromatic rings. The lowest BCUT2D eigenvalue weighted by atomic mass is 10.0. The van der Waals surface area contributed by atoms with Crippen molar-refractivity contribution in [2.75, 3.05) is 13.7 Å². The van der Waals surface area contributed by atoms with Gasteiger partial charge in [0.15, 0.2) is 23.2 Å². The van der Waals surface area contributed by atoms with Crippen molar-refractivity contribution in [3.05, 3.63) is 58.7 Å². The van der Waals surface area contributed by atoms with E-state index < -0.39 is 39.0 Å². The molecule has 0 aliphatic heterocycles. The van der Waals surface area contributed by atoms with E-state index in [-0.39, 0.29) is 12.8 Å². The maximum Gasteiger partial charge on any atom is 0.353 e. The number of benzene rings is 2. The van der Waals surface area contributed by atoms with E-state index in [9.17, 15) is 19.3 Å². The third-order valence-corrected chi connectivity index (χ3v) is 11.5. The monoisotopic (exact) mass is 802 g/mol. The molecule has 0 spiro atoms. The number of hydrogen-bond acceptors (Lipinski definition) is 8. The third kappa shape index (κ3) is 22.7. The molecule has 0 saturated heterocycles. The van der Waals surface area contributed by atoms with Crippen LogP contribution < -0.4 is 20.9 Å². The van der Waals surface area contributed by atoms with Crippen LogP contribution in [-0.4, -0.2) is 67.3 Å². The maximum atomic E-state index is 11.0. The fourth-order valence-electron chi connectivity index (χ4n) is 6.09. The summed E-state index contributed by atoms with van der Waals surface area (Å²) in [5, 5.41) is 18.9. The zero-order chi connectivity index (χ0) is 40.6. The lowest BCUT2D eigenvalue weighted by Gasteiger charge is -2.18. The summed E-state index contributed by atoms with van der Waals surface area (Å²) in [6.07, 6.45) is 18.4. The average molecular weight is 803 g/mol. The van der Waals surface area contributed by atoms with E-state index >= 15 is 0 Å². The lowest BCUT2D eigenvalue weighted by Crippen LogP contribution is -2.26. The number of methoxy groups -OCH3 is 1. The molecule has 0 aromatic heterocycles. The summed E-state index contributed by atoms with van der Waals surface area (Å²) >= 11 is 0. The molecule has 0 fully saturated rings. The number of rotatable bonds is 28. The summed E-state index contributed by atoms with van der Waals surface area (Å²) in [7, 11) is -7.36. The number of nitrogens with two attached hydrogens (primary N) is 2. The molecule has 312 valence electrons. The summed E-state index contributed by atoms with van der Waals surface area (Å²) < 4.78 is 33.4. The number of hydrogen-bond donors (Lipinski definition) is 8. The fraction of sp³-hybridized carbons (Fsp3) is 0.700. The highest BCUT2D eigenvalue weighted by Crippen LogP contribution is 2.42. The van der Waals surface area contributed by atoms with Crippen LogP contribution in [0.5, 0.6) is 11.5 Å². The first-order chi connectivity index (χ1) is 25.5. The molecular weight excluding hydrogens is 730 g/mol. The molecule has 0 saturated carbocycles. The van der Waals surface area contributed by atoms with E-state index in [1.807, 2.05) is 19.1 Å². The van der Waals surface area contributed by atoms with Gasteiger partial charge in [-0.1, -0.05) is 108 Å². The summed E-state index contributed by atoms with van der Waals surface area (Å²) in [5.74, 6) is -1.95. The molecule has 3 unspecified atom stereocenters. The van der Waals surface area contributed by atoms with Crippen molar-refractivity contribution in [3.63, 3.8) is 0 Å². The number of ether oxygens (including phenoxy) is 2. The molecule has 0 amide bonds. The van der Waals surface area contributed by atoms with Gasteiger partial charge in [-0.2, -0.15) is 0 Å². The molecule has 2 rings (SSSR count). The Morgan fingerprint density at radius 1 is 0.630 bits per heavy atom. The van der Waals surface area contributed by atoms with Gasteiger partial charge in [0.1, 0.15) is 0 Å². The SMILES string of the molecule is CCCCCCCCOc1c(C)cc(CC[C@@H](N)CC(O)P(=O)(O)O)cc1OC.CCCCCCCCc1ccc(CCC(N)CC(O)P(=O)(O)O)cc1. The van der Waals surface area contributed by atoms with Gasteiger partial charge in [0, 0.05) is 24.9 Å². The second-order valence-electron chi connectivity index (χ2n) is 14.6. The summed E-state index contributed by atoms with van der Waals surface area (Å²) in [4.78, 5) is 35.7. The number of aliphatic hydroxyl groups is 2. The minimum atomic E-state index is -4.52. The highest BCUT2D eigenvalue weighted by molar-refractivity contribution is 7.52.